The Morgan fingerprint density at radius 2 is 1.03 bits per heavy atom. The average molecular weight is 809 g/mol. The number of aromatic nitrogens is 4. The average Bonchev–Trinajstić information content (AvgIpc) is 3.62. The summed E-state index contributed by atoms with van der Waals surface area (Å²) >= 11 is 0. The number of fused-ring (bicyclic) bond motifs is 10. The standard InChI is InChI=1S/C58H40N4O/c1-35-33-59-34-49(36(35)2)40-24-22-38(23-25-40)41-14-10-15-42(30-41)43-27-29-52-55(32-43)63-54-21-9-8-20-51(54)58(52)50-19-7-6-17-46(50)47-28-26-44(31-53(47)58)56-60-37(3)61-57(62-56)48-18-11-13-39-12-4-5-16-45(39)48/h4-34H,1-3H3. The van der Waals surface area contributed by atoms with Crippen LogP contribution in [0.25, 0.3) is 78.1 Å². The van der Waals surface area contributed by atoms with Gasteiger partial charge in [0.2, 0.25) is 0 Å². The SMILES string of the molecule is Cc1nc(-c2ccc3c(c2)C2(c4ccccc4Oc4cc(-c5cccc(-c6ccc(-c7cncc(C)c7C)cc6)c5)ccc42)c2ccccc2-3)nc(-c2cccc3ccccc23)n1. The fourth-order valence-electron chi connectivity index (χ4n) is 10.0. The molecule has 10 aromatic rings. The van der Waals surface area contributed by atoms with Crippen LogP contribution in [0.15, 0.2) is 188 Å². The minimum Gasteiger partial charge on any atom is -0.457 e. The molecule has 5 heteroatoms. The summed E-state index contributed by atoms with van der Waals surface area (Å²) in [7, 11) is 0. The third-order valence-electron chi connectivity index (χ3n) is 13.2. The van der Waals surface area contributed by atoms with E-state index in [1.165, 1.54) is 44.5 Å². The van der Waals surface area contributed by atoms with Crippen LogP contribution in [0.5, 0.6) is 11.5 Å². The Hall–Kier alpha value is -8.02. The molecule has 0 bridgehead atoms. The fraction of sp³-hybridized carbons (Fsp3) is 0.0690. The smallest absolute Gasteiger partial charge is 0.164 e. The first kappa shape index (κ1) is 36.8. The predicted molar refractivity (Wildman–Crippen MR) is 254 cm³/mol. The van der Waals surface area contributed by atoms with E-state index in [1.54, 1.807) is 0 Å². The second-order valence-electron chi connectivity index (χ2n) is 16.7. The van der Waals surface area contributed by atoms with Crippen LogP contribution < -0.4 is 4.74 Å². The van der Waals surface area contributed by atoms with Gasteiger partial charge in [-0.15, -0.1) is 0 Å². The Morgan fingerprint density at radius 3 is 1.92 bits per heavy atom. The molecule has 0 radical (unpaired) electrons. The van der Waals surface area contributed by atoms with E-state index in [2.05, 4.69) is 195 Å². The van der Waals surface area contributed by atoms with Gasteiger partial charge >= 0.3 is 0 Å². The van der Waals surface area contributed by atoms with Gasteiger partial charge < -0.3 is 4.74 Å². The maximum absolute atomic E-state index is 6.94. The first-order valence-corrected chi connectivity index (χ1v) is 21.4. The van der Waals surface area contributed by atoms with Gasteiger partial charge in [0.05, 0.1) is 5.41 Å². The lowest BCUT2D eigenvalue weighted by molar-refractivity contribution is 0.436. The van der Waals surface area contributed by atoms with Crippen molar-refractivity contribution in [3.63, 3.8) is 0 Å². The molecule has 1 atom stereocenters. The third-order valence-corrected chi connectivity index (χ3v) is 13.2. The minimum absolute atomic E-state index is 0.645. The van der Waals surface area contributed by atoms with Crippen molar-refractivity contribution in [2.24, 2.45) is 0 Å². The second kappa shape index (κ2) is 14.3. The van der Waals surface area contributed by atoms with Crippen molar-refractivity contribution in [2.45, 2.75) is 26.2 Å². The number of benzene rings is 8. The molecule has 1 aliphatic heterocycles. The van der Waals surface area contributed by atoms with Crippen molar-refractivity contribution < 1.29 is 4.74 Å². The molecule has 12 rings (SSSR count). The van der Waals surface area contributed by atoms with E-state index < -0.39 is 5.41 Å². The molecule has 2 aliphatic rings. The fourth-order valence-corrected chi connectivity index (χ4v) is 10.0. The molecule has 0 saturated heterocycles. The molecule has 2 aromatic heterocycles. The number of aryl methyl sites for hydroxylation is 2. The van der Waals surface area contributed by atoms with Crippen LogP contribution >= 0.6 is 0 Å². The highest BCUT2D eigenvalue weighted by Crippen LogP contribution is 2.62. The molecule has 0 N–H and O–H groups in total. The zero-order valence-corrected chi connectivity index (χ0v) is 35.1. The Morgan fingerprint density at radius 1 is 0.397 bits per heavy atom. The Kier molecular flexibility index (Phi) is 8.35. The normalized spacial score (nSPS) is 14.5. The largest absolute Gasteiger partial charge is 0.457 e. The van der Waals surface area contributed by atoms with Crippen LogP contribution in [0.1, 0.15) is 39.2 Å². The zero-order valence-electron chi connectivity index (χ0n) is 35.1. The molecular weight excluding hydrogens is 769 g/mol. The van der Waals surface area contributed by atoms with E-state index in [-0.39, 0.29) is 0 Å². The highest BCUT2D eigenvalue weighted by Gasteiger charge is 2.51. The number of hydrogen-bond donors (Lipinski definition) is 0. The van der Waals surface area contributed by atoms with E-state index in [9.17, 15) is 0 Å². The van der Waals surface area contributed by atoms with Gasteiger partial charge in [0, 0.05) is 40.2 Å². The van der Waals surface area contributed by atoms with Crippen LogP contribution in [-0.2, 0) is 5.41 Å². The van der Waals surface area contributed by atoms with Crippen molar-refractivity contribution >= 4 is 10.8 Å². The van der Waals surface area contributed by atoms with Gasteiger partial charge in [-0.3, -0.25) is 4.98 Å². The Balaban J connectivity index is 0.985. The first-order valence-electron chi connectivity index (χ1n) is 21.4. The highest BCUT2D eigenvalue weighted by molar-refractivity contribution is 5.95. The molecule has 63 heavy (non-hydrogen) atoms. The van der Waals surface area contributed by atoms with Crippen molar-refractivity contribution in [2.75, 3.05) is 0 Å². The van der Waals surface area contributed by atoms with Crippen molar-refractivity contribution in [3.05, 3.63) is 228 Å². The van der Waals surface area contributed by atoms with Gasteiger partial charge in [0.15, 0.2) is 11.6 Å². The van der Waals surface area contributed by atoms with Crippen LogP contribution in [-0.4, -0.2) is 19.9 Å². The van der Waals surface area contributed by atoms with Gasteiger partial charge in [-0.05, 0) is 117 Å². The number of ether oxygens (including phenoxy) is 1. The molecule has 0 amide bonds. The molecule has 1 spiro atoms. The Labute approximate surface area is 366 Å². The van der Waals surface area contributed by atoms with Crippen LogP contribution in [0.3, 0.4) is 0 Å². The minimum atomic E-state index is -0.653. The van der Waals surface area contributed by atoms with Crippen molar-refractivity contribution in [3.8, 4) is 78.8 Å². The number of rotatable bonds is 5. The summed E-state index contributed by atoms with van der Waals surface area (Å²) in [4.78, 5) is 19.4. The lowest BCUT2D eigenvalue weighted by atomic mass is 9.65. The monoisotopic (exact) mass is 808 g/mol. The van der Waals surface area contributed by atoms with Gasteiger partial charge in [-0.1, -0.05) is 152 Å². The maximum Gasteiger partial charge on any atom is 0.164 e. The molecule has 1 unspecified atom stereocenters. The summed E-state index contributed by atoms with van der Waals surface area (Å²) in [5, 5.41) is 2.26. The number of pyridine rings is 1. The highest BCUT2D eigenvalue weighted by atomic mass is 16.5. The van der Waals surface area contributed by atoms with Gasteiger partial charge in [0.1, 0.15) is 17.3 Å². The molecule has 8 aromatic carbocycles. The van der Waals surface area contributed by atoms with Gasteiger partial charge in [0.25, 0.3) is 0 Å². The second-order valence-corrected chi connectivity index (χ2v) is 16.7. The summed E-state index contributed by atoms with van der Waals surface area (Å²) < 4.78 is 6.94. The molecule has 3 heterocycles. The van der Waals surface area contributed by atoms with Crippen molar-refractivity contribution in [1.82, 2.24) is 19.9 Å². The van der Waals surface area contributed by atoms with E-state index in [4.69, 9.17) is 19.7 Å². The molecule has 298 valence electrons. The van der Waals surface area contributed by atoms with Gasteiger partial charge in [-0.2, -0.15) is 0 Å². The summed E-state index contributed by atoms with van der Waals surface area (Å²) in [6.07, 6.45) is 3.88. The summed E-state index contributed by atoms with van der Waals surface area (Å²) in [5.41, 5.74) is 17.6. The van der Waals surface area contributed by atoms with E-state index >= 15 is 0 Å². The number of para-hydroxylation sites is 1. The first-order chi connectivity index (χ1) is 30.9. The Bertz CT molecular complexity index is 3480. The molecular formula is C58H40N4O. The summed E-state index contributed by atoms with van der Waals surface area (Å²) in [5.74, 6) is 3.67. The molecule has 0 fully saturated rings. The van der Waals surface area contributed by atoms with Crippen LogP contribution in [0.4, 0.5) is 0 Å². The number of nitrogens with zero attached hydrogens (tertiary/aromatic N) is 4. The third kappa shape index (κ3) is 5.77. The van der Waals surface area contributed by atoms with E-state index in [0.717, 1.165) is 66.8 Å². The lowest BCUT2D eigenvalue weighted by Gasteiger charge is -2.39. The van der Waals surface area contributed by atoms with Crippen molar-refractivity contribution in [1.29, 1.82) is 0 Å². The summed E-state index contributed by atoms with van der Waals surface area (Å²) in [6.45, 7) is 6.22. The topological polar surface area (TPSA) is 60.8 Å². The summed E-state index contributed by atoms with van der Waals surface area (Å²) in [6, 6.07) is 63.1. The number of hydrogen-bond acceptors (Lipinski definition) is 5. The quantitative estimate of drug-likeness (QED) is 0.173. The molecule has 0 saturated carbocycles. The molecule has 1 aliphatic carbocycles. The van der Waals surface area contributed by atoms with Gasteiger partial charge in [-0.25, -0.2) is 15.0 Å². The lowest BCUT2D eigenvalue weighted by Crippen LogP contribution is -2.32. The van der Waals surface area contributed by atoms with E-state index in [0.29, 0.717) is 17.5 Å². The maximum atomic E-state index is 6.94. The zero-order chi connectivity index (χ0) is 42.2. The van der Waals surface area contributed by atoms with Crippen LogP contribution in [0, 0.1) is 20.8 Å². The molecule has 5 nitrogen and oxygen atoms in total. The van der Waals surface area contributed by atoms with Crippen LogP contribution in [0.2, 0.25) is 0 Å². The predicted octanol–water partition coefficient (Wildman–Crippen LogP) is 14.1. The van der Waals surface area contributed by atoms with E-state index in [1.807, 2.05) is 19.3 Å².